The molecule has 0 fully saturated rings. The molecule has 4 rings (SSSR count). The quantitative estimate of drug-likeness (QED) is 0.599. The summed E-state index contributed by atoms with van der Waals surface area (Å²) in [6.07, 6.45) is 1.47. The van der Waals surface area contributed by atoms with Crippen molar-refractivity contribution in [1.82, 2.24) is 0 Å². The van der Waals surface area contributed by atoms with E-state index in [0.717, 1.165) is 0 Å². The van der Waals surface area contributed by atoms with Crippen LogP contribution in [0.1, 0.15) is 11.1 Å². The lowest BCUT2D eigenvalue weighted by atomic mass is 9.95. The number of anilines is 2. The standard InChI is InChI=1S/C24H19FN2O3S/c1-2-16-27-21-11-7-6-10-20(21)22(17-8-4-3-5-9-17)23(31(27,29)30)24(28)26-19-14-12-18(25)13-15-19/h2-15H,1,16H2,(H,26,28). The van der Waals surface area contributed by atoms with Crippen LogP contribution in [0.4, 0.5) is 15.8 Å². The Bertz CT molecular complexity index is 1280. The summed E-state index contributed by atoms with van der Waals surface area (Å²) in [5, 5.41) is 2.59. The number of carbonyl (C=O) groups excluding carboxylic acids is 1. The van der Waals surface area contributed by atoms with E-state index in [1.54, 1.807) is 48.5 Å². The molecule has 1 amide bonds. The molecule has 31 heavy (non-hydrogen) atoms. The van der Waals surface area contributed by atoms with Gasteiger partial charge in [0.05, 0.1) is 12.2 Å². The molecule has 1 heterocycles. The number of hydrogen-bond donors (Lipinski definition) is 1. The maximum absolute atomic E-state index is 13.6. The van der Waals surface area contributed by atoms with Crippen LogP contribution >= 0.6 is 0 Å². The predicted octanol–water partition coefficient (Wildman–Crippen LogP) is 4.56. The van der Waals surface area contributed by atoms with Gasteiger partial charge in [-0.05, 0) is 35.9 Å². The highest BCUT2D eigenvalue weighted by Gasteiger charge is 2.40. The third kappa shape index (κ3) is 3.75. The predicted molar refractivity (Wildman–Crippen MR) is 120 cm³/mol. The second-order valence-electron chi connectivity index (χ2n) is 6.87. The van der Waals surface area contributed by atoms with Crippen LogP contribution in [0.3, 0.4) is 0 Å². The van der Waals surface area contributed by atoms with Crippen LogP contribution in [0.5, 0.6) is 0 Å². The molecule has 3 aromatic rings. The van der Waals surface area contributed by atoms with Gasteiger partial charge in [0.2, 0.25) is 0 Å². The van der Waals surface area contributed by atoms with Crippen LogP contribution in [0.25, 0.3) is 5.57 Å². The molecule has 1 aliphatic heterocycles. The van der Waals surface area contributed by atoms with Crippen molar-refractivity contribution in [2.24, 2.45) is 0 Å². The fourth-order valence-corrected chi connectivity index (χ4v) is 5.26. The van der Waals surface area contributed by atoms with E-state index in [9.17, 15) is 17.6 Å². The van der Waals surface area contributed by atoms with E-state index < -0.39 is 21.7 Å². The smallest absolute Gasteiger partial charge is 0.270 e. The van der Waals surface area contributed by atoms with E-state index in [0.29, 0.717) is 22.4 Å². The van der Waals surface area contributed by atoms with Crippen molar-refractivity contribution < 1.29 is 17.6 Å². The molecule has 0 aromatic heterocycles. The Balaban J connectivity index is 1.97. The SMILES string of the molecule is C=CCN1c2ccccc2C(c2ccccc2)=C(C(=O)Nc2ccc(F)cc2)S1(=O)=O. The number of sulfonamides is 1. The third-order valence-electron chi connectivity index (χ3n) is 4.88. The van der Waals surface area contributed by atoms with E-state index in [1.165, 1.54) is 34.6 Å². The Kier molecular flexibility index (Phi) is 5.44. The highest BCUT2D eigenvalue weighted by atomic mass is 32.2. The second kappa shape index (κ2) is 8.20. The van der Waals surface area contributed by atoms with Gasteiger partial charge in [0, 0.05) is 16.8 Å². The monoisotopic (exact) mass is 434 g/mol. The maximum Gasteiger partial charge on any atom is 0.270 e. The van der Waals surface area contributed by atoms with Gasteiger partial charge in [0.25, 0.3) is 15.9 Å². The molecule has 156 valence electrons. The molecule has 3 aromatic carbocycles. The first kappa shape index (κ1) is 20.6. The minimum atomic E-state index is -4.21. The number of rotatable bonds is 5. The Morgan fingerprint density at radius 3 is 2.29 bits per heavy atom. The molecule has 1 N–H and O–H groups in total. The number of amides is 1. The van der Waals surface area contributed by atoms with Gasteiger partial charge in [-0.1, -0.05) is 54.6 Å². The first-order valence-corrected chi connectivity index (χ1v) is 11.0. The summed E-state index contributed by atoms with van der Waals surface area (Å²) in [6, 6.07) is 21.1. The molecule has 0 unspecified atom stereocenters. The molecule has 1 aliphatic rings. The highest BCUT2D eigenvalue weighted by molar-refractivity contribution is 7.97. The number of para-hydroxylation sites is 1. The fourth-order valence-electron chi connectivity index (χ4n) is 3.55. The van der Waals surface area contributed by atoms with Crippen LogP contribution in [0.15, 0.2) is 96.4 Å². The zero-order chi connectivity index (χ0) is 22.0. The van der Waals surface area contributed by atoms with Crippen molar-refractivity contribution in [1.29, 1.82) is 0 Å². The van der Waals surface area contributed by atoms with Gasteiger partial charge in [-0.3, -0.25) is 9.10 Å². The molecular formula is C24H19FN2O3S. The van der Waals surface area contributed by atoms with Crippen molar-refractivity contribution in [2.45, 2.75) is 0 Å². The van der Waals surface area contributed by atoms with E-state index in [1.807, 2.05) is 6.07 Å². The van der Waals surface area contributed by atoms with Crippen LogP contribution < -0.4 is 9.62 Å². The fraction of sp³-hybridized carbons (Fsp3) is 0.0417. The Labute approximate surface area is 180 Å². The van der Waals surface area contributed by atoms with Gasteiger partial charge in [-0.2, -0.15) is 0 Å². The van der Waals surface area contributed by atoms with E-state index in [4.69, 9.17) is 0 Å². The number of halogens is 1. The van der Waals surface area contributed by atoms with Crippen LogP contribution in [-0.2, 0) is 14.8 Å². The summed E-state index contributed by atoms with van der Waals surface area (Å²) < 4.78 is 41.7. The van der Waals surface area contributed by atoms with Crippen LogP contribution in [-0.4, -0.2) is 20.9 Å². The van der Waals surface area contributed by atoms with Crippen molar-refractivity contribution in [3.8, 4) is 0 Å². The zero-order valence-electron chi connectivity index (χ0n) is 16.5. The van der Waals surface area contributed by atoms with E-state index in [2.05, 4.69) is 11.9 Å². The minimum Gasteiger partial charge on any atom is -0.321 e. The van der Waals surface area contributed by atoms with Gasteiger partial charge in [0.1, 0.15) is 5.82 Å². The summed E-state index contributed by atoms with van der Waals surface area (Å²) in [6.45, 7) is 3.67. The summed E-state index contributed by atoms with van der Waals surface area (Å²) in [4.78, 5) is 12.9. The van der Waals surface area contributed by atoms with Crippen molar-refractivity contribution >= 4 is 32.9 Å². The Morgan fingerprint density at radius 1 is 0.968 bits per heavy atom. The summed E-state index contributed by atoms with van der Waals surface area (Å²) in [7, 11) is -4.21. The largest absolute Gasteiger partial charge is 0.321 e. The van der Waals surface area contributed by atoms with Gasteiger partial charge in [-0.15, -0.1) is 6.58 Å². The number of fused-ring (bicyclic) bond motifs is 1. The van der Waals surface area contributed by atoms with Gasteiger partial charge in [-0.25, -0.2) is 12.8 Å². The van der Waals surface area contributed by atoms with Crippen LogP contribution in [0, 0.1) is 5.82 Å². The molecule has 0 bridgehead atoms. The average Bonchev–Trinajstić information content (AvgIpc) is 2.77. The summed E-state index contributed by atoms with van der Waals surface area (Å²) >= 11 is 0. The molecule has 0 aliphatic carbocycles. The van der Waals surface area contributed by atoms with Crippen molar-refractivity contribution in [3.63, 3.8) is 0 Å². The zero-order valence-corrected chi connectivity index (χ0v) is 17.3. The molecule has 7 heteroatoms. The van der Waals surface area contributed by atoms with Gasteiger partial charge < -0.3 is 5.32 Å². The van der Waals surface area contributed by atoms with Crippen LogP contribution in [0.2, 0.25) is 0 Å². The lowest BCUT2D eigenvalue weighted by molar-refractivity contribution is -0.112. The molecule has 5 nitrogen and oxygen atoms in total. The summed E-state index contributed by atoms with van der Waals surface area (Å²) in [5.41, 5.74) is 2.29. The number of nitrogens with one attached hydrogen (secondary N) is 1. The first-order chi connectivity index (χ1) is 14.9. The van der Waals surface area contributed by atoms with E-state index >= 15 is 0 Å². The van der Waals surface area contributed by atoms with E-state index in [-0.39, 0.29) is 17.1 Å². The van der Waals surface area contributed by atoms with Gasteiger partial charge in [0.15, 0.2) is 4.91 Å². The molecule has 0 spiro atoms. The average molecular weight is 434 g/mol. The van der Waals surface area contributed by atoms with Crippen molar-refractivity contribution in [3.05, 3.63) is 113 Å². The molecule has 0 radical (unpaired) electrons. The van der Waals surface area contributed by atoms with Gasteiger partial charge >= 0.3 is 0 Å². The first-order valence-electron chi connectivity index (χ1n) is 9.53. The molecule has 0 saturated heterocycles. The Morgan fingerprint density at radius 2 is 1.61 bits per heavy atom. The molecular weight excluding hydrogens is 415 g/mol. The van der Waals surface area contributed by atoms with Crippen molar-refractivity contribution in [2.75, 3.05) is 16.2 Å². The normalized spacial score (nSPS) is 14.7. The second-order valence-corrected chi connectivity index (χ2v) is 8.67. The number of benzene rings is 3. The highest BCUT2D eigenvalue weighted by Crippen LogP contribution is 2.42. The Hall–Kier alpha value is -3.71. The topological polar surface area (TPSA) is 66.5 Å². The number of carbonyl (C=O) groups is 1. The number of hydrogen-bond acceptors (Lipinski definition) is 3. The maximum atomic E-state index is 13.6. The molecule has 0 saturated carbocycles. The number of nitrogens with zero attached hydrogens (tertiary/aromatic N) is 1. The molecule has 0 atom stereocenters. The minimum absolute atomic E-state index is 0.00868. The summed E-state index contributed by atoms with van der Waals surface area (Å²) in [5.74, 6) is -1.26. The lowest BCUT2D eigenvalue weighted by Crippen LogP contribution is -2.39. The third-order valence-corrected chi connectivity index (χ3v) is 6.71. The lowest BCUT2D eigenvalue weighted by Gasteiger charge is -2.32.